The maximum absolute atomic E-state index is 6.85. The van der Waals surface area contributed by atoms with Crippen LogP contribution in [0.3, 0.4) is 0 Å². The number of ether oxygens (including phenoxy) is 1. The summed E-state index contributed by atoms with van der Waals surface area (Å²) in [6.45, 7) is 2.51. The fraction of sp³-hybridized carbons (Fsp3) is 0.684. The van der Waals surface area contributed by atoms with Gasteiger partial charge in [0.05, 0.1) is 7.11 Å². The molecule has 0 aliphatic heterocycles. The average Bonchev–Trinajstić information content (AvgIpc) is 2.44. The van der Waals surface area contributed by atoms with Crippen LogP contribution in [0, 0.1) is 22.7 Å². The summed E-state index contributed by atoms with van der Waals surface area (Å²) in [5, 5.41) is 0. The molecule has 4 aliphatic rings. The van der Waals surface area contributed by atoms with E-state index < -0.39 is 0 Å². The summed E-state index contributed by atoms with van der Waals surface area (Å²) in [4.78, 5) is 0. The molecule has 4 bridgehead atoms. The number of hydrogen-bond donors (Lipinski definition) is 1. The number of nitrogens with two attached hydrogens (primary N) is 1. The van der Waals surface area contributed by atoms with Gasteiger partial charge in [-0.05, 0) is 67.3 Å². The molecule has 114 valence electrons. The van der Waals surface area contributed by atoms with E-state index in [1.165, 1.54) is 44.1 Å². The largest absolute Gasteiger partial charge is 0.496 e. The Kier molecular flexibility index (Phi) is 2.91. The molecule has 2 nitrogen and oxygen atoms in total. The van der Waals surface area contributed by atoms with Gasteiger partial charge in [-0.2, -0.15) is 0 Å². The van der Waals surface area contributed by atoms with Gasteiger partial charge >= 0.3 is 0 Å². The summed E-state index contributed by atoms with van der Waals surface area (Å²) in [6, 6.07) is 8.48. The highest BCUT2D eigenvalue weighted by atomic mass is 16.5. The minimum absolute atomic E-state index is 0.124. The number of hydrogen-bond acceptors (Lipinski definition) is 2. The molecular formula is C19H27NO. The third kappa shape index (κ3) is 2.03. The van der Waals surface area contributed by atoms with Crippen molar-refractivity contribution in [1.82, 2.24) is 0 Å². The molecule has 3 atom stereocenters. The van der Waals surface area contributed by atoms with Crippen LogP contribution in [0.5, 0.6) is 5.75 Å². The molecule has 2 heteroatoms. The molecule has 0 radical (unpaired) electrons. The van der Waals surface area contributed by atoms with Crippen molar-refractivity contribution in [2.45, 2.75) is 51.5 Å². The lowest BCUT2D eigenvalue weighted by atomic mass is 9.43. The first-order valence-electron chi connectivity index (χ1n) is 8.42. The molecule has 1 aromatic carbocycles. The maximum Gasteiger partial charge on any atom is 0.123 e. The zero-order valence-corrected chi connectivity index (χ0v) is 13.3. The van der Waals surface area contributed by atoms with Gasteiger partial charge in [-0.15, -0.1) is 0 Å². The van der Waals surface area contributed by atoms with Gasteiger partial charge in [0.1, 0.15) is 5.75 Å². The summed E-state index contributed by atoms with van der Waals surface area (Å²) >= 11 is 0. The maximum atomic E-state index is 6.85. The first-order valence-corrected chi connectivity index (χ1v) is 8.42. The standard InChI is InChI=1S/C19H27NO/c1-18-8-13-7-14(9-18)11-19(10-13,12-18)17(20)15-5-3-4-6-16(15)21-2/h3-6,13-14,17H,7-12,20H2,1-2H3. The quantitative estimate of drug-likeness (QED) is 0.898. The normalized spacial score (nSPS) is 42.0. The number of para-hydroxylation sites is 1. The van der Waals surface area contributed by atoms with Gasteiger partial charge in [0.25, 0.3) is 0 Å². The Morgan fingerprint density at radius 2 is 1.81 bits per heavy atom. The van der Waals surface area contributed by atoms with Gasteiger partial charge in [0, 0.05) is 11.6 Å². The van der Waals surface area contributed by atoms with Crippen molar-refractivity contribution in [2.75, 3.05) is 7.11 Å². The molecule has 0 spiro atoms. The molecule has 4 fully saturated rings. The first-order chi connectivity index (χ1) is 10.0. The van der Waals surface area contributed by atoms with Crippen LogP contribution in [-0.4, -0.2) is 7.11 Å². The van der Waals surface area contributed by atoms with E-state index in [4.69, 9.17) is 10.5 Å². The van der Waals surface area contributed by atoms with Crippen molar-refractivity contribution < 1.29 is 4.74 Å². The Hall–Kier alpha value is -1.02. The average molecular weight is 285 g/mol. The lowest BCUT2D eigenvalue weighted by Gasteiger charge is -2.63. The third-order valence-corrected chi connectivity index (χ3v) is 6.53. The molecule has 1 aromatic rings. The summed E-state index contributed by atoms with van der Waals surface area (Å²) in [5.74, 6) is 2.79. The third-order valence-electron chi connectivity index (χ3n) is 6.53. The topological polar surface area (TPSA) is 35.2 Å². The van der Waals surface area contributed by atoms with Crippen molar-refractivity contribution in [3.8, 4) is 5.75 Å². The van der Waals surface area contributed by atoms with Gasteiger partial charge in [-0.3, -0.25) is 0 Å². The van der Waals surface area contributed by atoms with E-state index in [2.05, 4.69) is 25.1 Å². The molecular weight excluding hydrogens is 258 g/mol. The lowest BCUT2D eigenvalue weighted by molar-refractivity contribution is -0.114. The highest BCUT2D eigenvalue weighted by Gasteiger charge is 2.58. The predicted octanol–water partition coefficient (Wildman–Crippen LogP) is 4.30. The number of methoxy groups -OCH3 is 1. The van der Waals surface area contributed by atoms with E-state index in [1.54, 1.807) is 7.11 Å². The minimum Gasteiger partial charge on any atom is -0.496 e. The van der Waals surface area contributed by atoms with Crippen LogP contribution >= 0.6 is 0 Å². The van der Waals surface area contributed by atoms with E-state index in [1.807, 2.05) is 6.07 Å². The van der Waals surface area contributed by atoms with Gasteiger partial charge in [0.2, 0.25) is 0 Å². The van der Waals surface area contributed by atoms with Crippen LogP contribution in [0.15, 0.2) is 24.3 Å². The molecule has 0 aromatic heterocycles. The second-order valence-corrected chi connectivity index (χ2v) is 8.35. The SMILES string of the molecule is COc1ccccc1C(N)C12CC3CC(CC(C)(C3)C1)C2. The minimum atomic E-state index is 0.124. The van der Waals surface area contributed by atoms with Crippen LogP contribution in [0.2, 0.25) is 0 Å². The molecule has 4 aliphatic carbocycles. The number of rotatable bonds is 3. The zero-order chi connectivity index (χ0) is 14.7. The fourth-order valence-corrected chi connectivity index (χ4v) is 6.42. The second kappa shape index (κ2) is 4.49. The van der Waals surface area contributed by atoms with Gasteiger partial charge in [-0.1, -0.05) is 25.1 Å². The second-order valence-electron chi connectivity index (χ2n) is 8.35. The van der Waals surface area contributed by atoms with Crippen LogP contribution in [0.1, 0.15) is 57.1 Å². The highest BCUT2D eigenvalue weighted by molar-refractivity contribution is 5.37. The molecule has 0 heterocycles. The van der Waals surface area contributed by atoms with Crippen molar-refractivity contribution in [2.24, 2.45) is 28.4 Å². The molecule has 0 saturated heterocycles. The van der Waals surface area contributed by atoms with E-state index in [0.717, 1.165) is 17.6 Å². The summed E-state index contributed by atoms with van der Waals surface area (Å²) < 4.78 is 5.57. The lowest BCUT2D eigenvalue weighted by Crippen LogP contribution is -2.54. The van der Waals surface area contributed by atoms with Gasteiger partial charge in [-0.25, -0.2) is 0 Å². The Labute approximate surface area is 128 Å². The number of benzene rings is 1. The Bertz CT molecular complexity index is 538. The van der Waals surface area contributed by atoms with Crippen LogP contribution in [0.4, 0.5) is 0 Å². The molecule has 2 N–H and O–H groups in total. The van der Waals surface area contributed by atoms with Crippen molar-refractivity contribution in [3.05, 3.63) is 29.8 Å². The molecule has 21 heavy (non-hydrogen) atoms. The van der Waals surface area contributed by atoms with Gasteiger partial charge < -0.3 is 10.5 Å². The van der Waals surface area contributed by atoms with Crippen molar-refractivity contribution >= 4 is 0 Å². The summed E-state index contributed by atoms with van der Waals surface area (Å²) in [5.41, 5.74) is 8.92. The monoisotopic (exact) mass is 285 g/mol. The van der Waals surface area contributed by atoms with E-state index in [-0.39, 0.29) is 6.04 Å². The zero-order valence-electron chi connectivity index (χ0n) is 13.3. The Morgan fingerprint density at radius 3 is 2.43 bits per heavy atom. The van der Waals surface area contributed by atoms with E-state index >= 15 is 0 Å². The first kappa shape index (κ1) is 13.6. The van der Waals surface area contributed by atoms with Gasteiger partial charge in [0.15, 0.2) is 0 Å². The highest BCUT2D eigenvalue weighted by Crippen LogP contribution is 2.68. The van der Waals surface area contributed by atoms with Crippen LogP contribution in [-0.2, 0) is 0 Å². The van der Waals surface area contributed by atoms with Crippen LogP contribution < -0.4 is 10.5 Å². The van der Waals surface area contributed by atoms with Crippen molar-refractivity contribution in [3.63, 3.8) is 0 Å². The van der Waals surface area contributed by atoms with E-state index in [0.29, 0.717) is 10.8 Å². The van der Waals surface area contributed by atoms with E-state index in [9.17, 15) is 0 Å². The molecule has 3 unspecified atom stereocenters. The molecule has 4 saturated carbocycles. The van der Waals surface area contributed by atoms with Crippen LogP contribution in [0.25, 0.3) is 0 Å². The summed E-state index contributed by atoms with van der Waals surface area (Å²) in [7, 11) is 1.76. The van der Waals surface area contributed by atoms with Crippen molar-refractivity contribution in [1.29, 1.82) is 0 Å². The summed E-state index contributed by atoms with van der Waals surface area (Å²) in [6.07, 6.45) is 8.30. The molecule has 0 amide bonds. The predicted molar refractivity (Wildman–Crippen MR) is 85.1 cm³/mol. The smallest absolute Gasteiger partial charge is 0.123 e. The molecule has 5 rings (SSSR count). The Morgan fingerprint density at radius 1 is 1.14 bits per heavy atom. The fourth-order valence-electron chi connectivity index (χ4n) is 6.42. The Balaban J connectivity index is 1.72.